The molecule has 0 radical (unpaired) electrons. The molecule has 72 valence electrons. The Balaban J connectivity index is 2.11. The smallest absolute Gasteiger partial charge is 0.0655 e. The standard InChI is InChI=1S/C11H18N2/c1-8(2)9(3)13-7-6-11(12-13)10-4-5-10/h6-10H,4-5H2,1-3H3/t9-/m0/s1. The van der Waals surface area contributed by atoms with Gasteiger partial charge in [0.25, 0.3) is 0 Å². The van der Waals surface area contributed by atoms with E-state index < -0.39 is 0 Å². The van der Waals surface area contributed by atoms with E-state index in [1.54, 1.807) is 0 Å². The average Bonchev–Trinajstić information content (AvgIpc) is 2.83. The molecule has 1 aliphatic carbocycles. The average molecular weight is 178 g/mol. The van der Waals surface area contributed by atoms with Crippen LogP contribution in [0.15, 0.2) is 12.3 Å². The maximum atomic E-state index is 4.61. The Morgan fingerprint density at radius 3 is 2.62 bits per heavy atom. The first-order valence-corrected chi connectivity index (χ1v) is 5.23. The lowest BCUT2D eigenvalue weighted by molar-refractivity contribution is 0.373. The Morgan fingerprint density at radius 2 is 2.08 bits per heavy atom. The van der Waals surface area contributed by atoms with Crippen molar-refractivity contribution in [1.29, 1.82) is 0 Å². The van der Waals surface area contributed by atoms with Crippen LogP contribution < -0.4 is 0 Å². The summed E-state index contributed by atoms with van der Waals surface area (Å²) in [4.78, 5) is 0. The molecule has 1 fully saturated rings. The lowest BCUT2D eigenvalue weighted by Gasteiger charge is -2.15. The van der Waals surface area contributed by atoms with Gasteiger partial charge in [-0.3, -0.25) is 4.68 Å². The SMILES string of the molecule is CC(C)[C@H](C)n1ccc(C2CC2)n1. The van der Waals surface area contributed by atoms with E-state index in [2.05, 4.69) is 42.8 Å². The van der Waals surface area contributed by atoms with E-state index >= 15 is 0 Å². The predicted molar refractivity (Wildman–Crippen MR) is 53.8 cm³/mol. The van der Waals surface area contributed by atoms with Gasteiger partial charge in [-0.05, 0) is 31.7 Å². The molecule has 0 spiro atoms. The zero-order valence-electron chi connectivity index (χ0n) is 8.70. The summed E-state index contributed by atoms with van der Waals surface area (Å²) in [5.74, 6) is 1.44. The van der Waals surface area contributed by atoms with Gasteiger partial charge >= 0.3 is 0 Å². The second kappa shape index (κ2) is 3.17. The molecule has 1 saturated carbocycles. The molecule has 1 atom stereocenters. The molecule has 1 aromatic rings. The Morgan fingerprint density at radius 1 is 1.38 bits per heavy atom. The summed E-state index contributed by atoms with van der Waals surface area (Å²) in [6.45, 7) is 6.71. The van der Waals surface area contributed by atoms with Gasteiger partial charge < -0.3 is 0 Å². The summed E-state index contributed by atoms with van der Waals surface area (Å²) in [7, 11) is 0. The van der Waals surface area contributed by atoms with Crippen LogP contribution in [0.5, 0.6) is 0 Å². The monoisotopic (exact) mass is 178 g/mol. The Kier molecular flexibility index (Phi) is 2.14. The summed E-state index contributed by atoms with van der Waals surface area (Å²) in [5, 5.41) is 4.61. The van der Waals surface area contributed by atoms with Crippen LogP contribution in [0.4, 0.5) is 0 Å². The molecule has 0 aromatic carbocycles. The van der Waals surface area contributed by atoms with Crippen LogP contribution in [0.2, 0.25) is 0 Å². The second-order valence-electron chi connectivity index (χ2n) is 4.48. The topological polar surface area (TPSA) is 17.8 Å². The fraction of sp³-hybridized carbons (Fsp3) is 0.727. The van der Waals surface area contributed by atoms with Crippen LogP contribution >= 0.6 is 0 Å². The first-order valence-electron chi connectivity index (χ1n) is 5.23. The lowest BCUT2D eigenvalue weighted by atomic mass is 10.1. The van der Waals surface area contributed by atoms with Gasteiger partial charge in [-0.2, -0.15) is 5.10 Å². The summed E-state index contributed by atoms with van der Waals surface area (Å²) in [5.41, 5.74) is 1.30. The molecule has 2 heteroatoms. The third-order valence-corrected chi connectivity index (χ3v) is 3.01. The minimum absolute atomic E-state index is 0.521. The normalized spacial score (nSPS) is 19.4. The molecule has 1 aromatic heterocycles. The van der Waals surface area contributed by atoms with E-state index in [9.17, 15) is 0 Å². The highest BCUT2D eigenvalue weighted by molar-refractivity contribution is 5.12. The molecule has 1 aliphatic rings. The maximum absolute atomic E-state index is 4.61. The maximum Gasteiger partial charge on any atom is 0.0655 e. The number of rotatable bonds is 3. The van der Waals surface area contributed by atoms with Gasteiger partial charge in [-0.25, -0.2) is 0 Å². The van der Waals surface area contributed by atoms with Crippen molar-refractivity contribution in [1.82, 2.24) is 9.78 Å². The van der Waals surface area contributed by atoms with Crippen molar-refractivity contribution in [3.05, 3.63) is 18.0 Å². The quantitative estimate of drug-likeness (QED) is 0.695. The zero-order valence-corrected chi connectivity index (χ0v) is 8.70. The van der Waals surface area contributed by atoms with Crippen molar-refractivity contribution in [2.24, 2.45) is 5.92 Å². The van der Waals surface area contributed by atoms with Crippen LogP contribution in [-0.2, 0) is 0 Å². The molecule has 0 unspecified atom stereocenters. The minimum Gasteiger partial charge on any atom is -0.269 e. The molecule has 0 saturated heterocycles. The van der Waals surface area contributed by atoms with E-state index in [0.29, 0.717) is 12.0 Å². The highest BCUT2D eigenvalue weighted by Crippen LogP contribution is 2.39. The zero-order chi connectivity index (χ0) is 9.42. The first kappa shape index (κ1) is 8.79. The Labute approximate surface area is 80.0 Å². The van der Waals surface area contributed by atoms with Crippen molar-refractivity contribution in [3.63, 3.8) is 0 Å². The van der Waals surface area contributed by atoms with Crippen LogP contribution in [-0.4, -0.2) is 9.78 Å². The fourth-order valence-electron chi connectivity index (χ4n) is 1.48. The lowest BCUT2D eigenvalue weighted by Crippen LogP contribution is -2.12. The minimum atomic E-state index is 0.521. The van der Waals surface area contributed by atoms with Crippen LogP contribution in [0, 0.1) is 5.92 Å². The molecule has 0 bridgehead atoms. The summed E-state index contributed by atoms with van der Waals surface area (Å²) in [6.07, 6.45) is 4.80. The van der Waals surface area contributed by atoms with Crippen molar-refractivity contribution in [2.75, 3.05) is 0 Å². The summed E-state index contributed by atoms with van der Waals surface area (Å²) >= 11 is 0. The number of aromatic nitrogens is 2. The Bertz CT molecular complexity index is 284. The van der Waals surface area contributed by atoms with E-state index in [4.69, 9.17) is 0 Å². The second-order valence-corrected chi connectivity index (χ2v) is 4.48. The molecule has 1 heterocycles. The van der Waals surface area contributed by atoms with Crippen molar-refractivity contribution >= 4 is 0 Å². The largest absolute Gasteiger partial charge is 0.269 e. The van der Waals surface area contributed by atoms with E-state index in [1.807, 2.05) is 0 Å². The highest BCUT2D eigenvalue weighted by Gasteiger charge is 2.26. The van der Waals surface area contributed by atoms with E-state index in [-0.39, 0.29) is 0 Å². The van der Waals surface area contributed by atoms with Gasteiger partial charge in [-0.1, -0.05) is 13.8 Å². The van der Waals surface area contributed by atoms with E-state index in [1.165, 1.54) is 18.5 Å². The molecule has 2 nitrogen and oxygen atoms in total. The van der Waals surface area contributed by atoms with Gasteiger partial charge in [-0.15, -0.1) is 0 Å². The summed E-state index contributed by atoms with van der Waals surface area (Å²) in [6, 6.07) is 2.70. The van der Waals surface area contributed by atoms with Crippen LogP contribution in [0.1, 0.15) is 51.3 Å². The molecule has 0 amide bonds. The van der Waals surface area contributed by atoms with Gasteiger partial charge in [0.1, 0.15) is 0 Å². The predicted octanol–water partition coefficient (Wildman–Crippen LogP) is 2.98. The third kappa shape index (κ3) is 1.77. The van der Waals surface area contributed by atoms with Gasteiger partial charge in [0.15, 0.2) is 0 Å². The molecule has 13 heavy (non-hydrogen) atoms. The number of hydrogen-bond acceptors (Lipinski definition) is 1. The molecule has 0 aliphatic heterocycles. The van der Waals surface area contributed by atoms with Crippen LogP contribution in [0.3, 0.4) is 0 Å². The third-order valence-electron chi connectivity index (χ3n) is 3.01. The number of hydrogen-bond donors (Lipinski definition) is 0. The fourth-order valence-corrected chi connectivity index (χ4v) is 1.48. The molecule has 2 rings (SSSR count). The summed E-state index contributed by atoms with van der Waals surface area (Å²) < 4.78 is 2.11. The van der Waals surface area contributed by atoms with Crippen molar-refractivity contribution < 1.29 is 0 Å². The molecule has 0 N–H and O–H groups in total. The van der Waals surface area contributed by atoms with Gasteiger partial charge in [0.2, 0.25) is 0 Å². The van der Waals surface area contributed by atoms with Gasteiger partial charge in [0, 0.05) is 12.1 Å². The van der Waals surface area contributed by atoms with Crippen molar-refractivity contribution in [2.45, 2.75) is 45.6 Å². The molecular formula is C11H18N2. The van der Waals surface area contributed by atoms with Gasteiger partial charge in [0.05, 0.1) is 11.7 Å². The van der Waals surface area contributed by atoms with E-state index in [0.717, 1.165) is 5.92 Å². The van der Waals surface area contributed by atoms with Crippen LogP contribution in [0.25, 0.3) is 0 Å². The van der Waals surface area contributed by atoms with Crippen molar-refractivity contribution in [3.8, 4) is 0 Å². The highest BCUT2D eigenvalue weighted by atomic mass is 15.3. The molecular weight excluding hydrogens is 160 g/mol. The first-order chi connectivity index (χ1) is 6.18. The Hall–Kier alpha value is -0.790. The number of nitrogens with zero attached hydrogens (tertiary/aromatic N) is 2.